The van der Waals surface area contributed by atoms with Crippen LogP contribution in [0, 0.1) is 0 Å². The van der Waals surface area contributed by atoms with Gasteiger partial charge in [0, 0.05) is 30.1 Å². The van der Waals surface area contributed by atoms with Gasteiger partial charge in [-0.25, -0.2) is 0 Å². The minimum Gasteiger partial charge on any atom is -0.361 e. The van der Waals surface area contributed by atoms with Crippen molar-refractivity contribution in [1.82, 2.24) is 15.6 Å². The third kappa shape index (κ3) is 4.78. The molecule has 152 valence electrons. The molecule has 2 amide bonds. The molecular formula is C24H23N3O2S. The first-order chi connectivity index (χ1) is 14.7. The smallest absolute Gasteiger partial charge is 0.262 e. The second-order valence-corrected chi connectivity index (χ2v) is 8.04. The number of carbonyl (C=O) groups excluding carboxylic acids is 2. The molecule has 0 aliphatic rings. The highest BCUT2D eigenvalue weighted by Gasteiger charge is 2.23. The van der Waals surface area contributed by atoms with Crippen molar-refractivity contribution < 1.29 is 9.59 Å². The van der Waals surface area contributed by atoms with Gasteiger partial charge in [-0.15, -0.1) is 11.3 Å². The second-order valence-electron chi connectivity index (χ2n) is 7.09. The van der Waals surface area contributed by atoms with Gasteiger partial charge in [0.15, 0.2) is 0 Å². The average Bonchev–Trinajstić information content (AvgIpc) is 3.45. The molecule has 0 spiro atoms. The highest BCUT2D eigenvalue weighted by molar-refractivity contribution is 7.12. The summed E-state index contributed by atoms with van der Waals surface area (Å²) in [7, 11) is 0. The van der Waals surface area contributed by atoms with Crippen LogP contribution >= 0.6 is 11.3 Å². The van der Waals surface area contributed by atoms with Gasteiger partial charge in [-0.3, -0.25) is 9.59 Å². The van der Waals surface area contributed by atoms with Gasteiger partial charge in [-0.2, -0.15) is 0 Å². The number of aromatic nitrogens is 1. The lowest BCUT2D eigenvalue weighted by Crippen LogP contribution is -2.48. The largest absolute Gasteiger partial charge is 0.361 e. The number of thiophene rings is 1. The summed E-state index contributed by atoms with van der Waals surface area (Å²) in [5, 5.41) is 8.81. The fourth-order valence-corrected chi connectivity index (χ4v) is 4.09. The topological polar surface area (TPSA) is 74.0 Å². The number of H-pyrrole nitrogens is 1. The van der Waals surface area contributed by atoms with E-state index >= 15 is 0 Å². The van der Waals surface area contributed by atoms with Crippen molar-refractivity contribution in [3.8, 4) is 0 Å². The maximum atomic E-state index is 13.0. The van der Waals surface area contributed by atoms with Crippen LogP contribution in [0.1, 0.15) is 20.8 Å². The molecule has 0 radical (unpaired) electrons. The second kappa shape index (κ2) is 9.41. The molecule has 4 rings (SSSR count). The molecule has 0 aliphatic carbocycles. The molecule has 0 saturated carbocycles. The summed E-state index contributed by atoms with van der Waals surface area (Å²) in [6, 6.07) is 20.9. The maximum Gasteiger partial charge on any atom is 0.262 e. The van der Waals surface area contributed by atoms with Gasteiger partial charge in [0.05, 0.1) is 4.88 Å². The van der Waals surface area contributed by atoms with Crippen molar-refractivity contribution in [2.45, 2.75) is 18.9 Å². The van der Waals surface area contributed by atoms with E-state index in [4.69, 9.17) is 0 Å². The van der Waals surface area contributed by atoms with Crippen molar-refractivity contribution in [2.24, 2.45) is 0 Å². The lowest BCUT2D eigenvalue weighted by molar-refractivity contribution is -0.122. The number of para-hydroxylation sites is 1. The summed E-state index contributed by atoms with van der Waals surface area (Å²) in [5.41, 5.74) is 3.18. The Kier molecular flexibility index (Phi) is 6.25. The van der Waals surface area contributed by atoms with Crippen LogP contribution < -0.4 is 10.6 Å². The SMILES string of the molecule is O=C(N[C@@H](Cc1c[nH]c2ccccc12)C(=O)NCCc1ccccc1)c1cccs1. The Hall–Kier alpha value is -3.38. The van der Waals surface area contributed by atoms with Crippen molar-refractivity contribution >= 4 is 34.1 Å². The summed E-state index contributed by atoms with van der Waals surface area (Å²) in [6.07, 6.45) is 3.07. The van der Waals surface area contributed by atoms with Crippen LogP contribution in [0.15, 0.2) is 78.3 Å². The van der Waals surface area contributed by atoms with E-state index < -0.39 is 6.04 Å². The summed E-state index contributed by atoms with van der Waals surface area (Å²) >= 11 is 1.36. The quantitative estimate of drug-likeness (QED) is 0.406. The molecule has 6 heteroatoms. The molecule has 0 saturated heterocycles. The van der Waals surface area contributed by atoms with Gasteiger partial charge in [0.1, 0.15) is 6.04 Å². The molecule has 30 heavy (non-hydrogen) atoms. The van der Waals surface area contributed by atoms with Crippen molar-refractivity contribution in [2.75, 3.05) is 6.54 Å². The lowest BCUT2D eigenvalue weighted by atomic mass is 10.0. The van der Waals surface area contributed by atoms with Crippen molar-refractivity contribution in [1.29, 1.82) is 0 Å². The molecule has 2 aromatic carbocycles. The first-order valence-corrected chi connectivity index (χ1v) is 10.8. The van der Waals surface area contributed by atoms with Crippen LogP contribution in [0.3, 0.4) is 0 Å². The molecule has 0 fully saturated rings. The fraction of sp³-hybridized carbons (Fsp3) is 0.167. The van der Waals surface area contributed by atoms with E-state index in [1.807, 2.05) is 72.2 Å². The minimum absolute atomic E-state index is 0.180. The molecule has 0 aliphatic heterocycles. The van der Waals surface area contributed by atoms with Crippen molar-refractivity contribution in [3.63, 3.8) is 0 Å². The van der Waals surface area contributed by atoms with E-state index in [1.165, 1.54) is 11.3 Å². The summed E-state index contributed by atoms with van der Waals surface area (Å²) in [4.78, 5) is 29.4. The van der Waals surface area contributed by atoms with E-state index in [0.29, 0.717) is 17.8 Å². The van der Waals surface area contributed by atoms with Crippen LogP contribution in [0.5, 0.6) is 0 Å². The summed E-state index contributed by atoms with van der Waals surface area (Å²) < 4.78 is 0. The number of hydrogen-bond donors (Lipinski definition) is 3. The number of amides is 2. The zero-order chi connectivity index (χ0) is 20.8. The third-order valence-corrected chi connectivity index (χ3v) is 5.89. The Bertz CT molecular complexity index is 1120. The zero-order valence-electron chi connectivity index (χ0n) is 16.4. The molecule has 0 bridgehead atoms. The Balaban J connectivity index is 1.47. The van der Waals surface area contributed by atoms with Crippen LogP contribution in [-0.4, -0.2) is 29.4 Å². The number of benzene rings is 2. The van der Waals surface area contributed by atoms with E-state index in [0.717, 1.165) is 28.5 Å². The van der Waals surface area contributed by atoms with Gasteiger partial charge < -0.3 is 15.6 Å². The predicted molar refractivity (Wildman–Crippen MR) is 121 cm³/mol. The standard InChI is InChI=1S/C24H23N3O2S/c28-23(25-13-12-17-7-2-1-3-8-17)21(27-24(29)22-11-6-14-30-22)15-18-16-26-20-10-5-4-9-19(18)20/h1-11,14,16,21,26H,12-13,15H2,(H,25,28)(H,27,29)/t21-/m0/s1. The van der Waals surface area contributed by atoms with E-state index in [9.17, 15) is 9.59 Å². The summed E-state index contributed by atoms with van der Waals surface area (Å²) in [5.74, 6) is -0.408. The van der Waals surface area contributed by atoms with Gasteiger partial charge >= 0.3 is 0 Å². The predicted octanol–water partition coefficient (Wildman–Crippen LogP) is 3.93. The van der Waals surface area contributed by atoms with Crippen LogP contribution in [0.4, 0.5) is 0 Å². The number of fused-ring (bicyclic) bond motifs is 1. The van der Waals surface area contributed by atoms with Gasteiger partial charge in [-0.1, -0.05) is 54.6 Å². The molecule has 5 nitrogen and oxygen atoms in total. The van der Waals surface area contributed by atoms with E-state index in [-0.39, 0.29) is 11.8 Å². The van der Waals surface area contributed by atoms with E-state index in [1.54, 1.807) is 6.07 Å². The van der Waals surface area contributed by atoms with Gasteiger partial charge in [0.25, 0.3) is 5.91 Å². The van der Waals surface area contributed by atoms with Crippen LogP contribution in [-0.2, 0) is 17.6 Å². The number of rotatable bonds is 8. The van der Waals surface area contributed by atoms with Gasteiger partial charge in [-0.05, 0) is 35.1 Å². The number of nitrogens with one attached hydrogen (secondary N) is 3. The Morgan fingerprint density at radius 2 is 1.77 bits per heavy atom. The normalized spacial score (nSPS) is 11.9. The molecule has 2 heterocycles. The van der Waals surface area contributed by atoms with Crippen LogP contribution in [0.25, 0.3) is 10.9 Å². The maximum absolute atomic E-state index is 13.0. The number of carbonyl (C=O) groups is 2. The molecule has 4 aromatic rings. The summed E-state index contributed by atoms with van der Waals surface area (Å²) in [6.45, 7) is 0.516. The average molecular weight is 418 g/mol. The van der Waals surface area contributed by atoms with Crippen molar-refractivity contribution in [3.05, 3.63) is 94.3 Å². The Morgan fingerprint density at radius 3 is 2.57 bits per heavy atom. The molecule has 1 atom stereocenters. The molecule has 3 N–H and O–H groups in total. The number of aromatic amines is 1. The Labute approximate surface area is 179 Å². The fourth-order valence-electron chi connectivity index (χ4n) is 3.46. The van der Waals surface area contributed by atoms with E-state index in [2.05, 4.69) is 15.6 Å². The first-order valence-electron chi connectivity index (χ1n) is 9.92. The first kappa shape index (κ1) is 19.9. The minimum atomic E-state index is -0.658. The van der Waals surface area contributed by atoms with Crippen LogP contribution in [0.2, 0.25) is 0 Å². The third-order valence-electron chi connectivity index (χ3n) is 5.02. The molecule has 0 unspecified atom stereocenters. The zero-order valence-corrected chi connectivity index (χ0v) is 17.2. The monoisotopic (exact) mass is 417 g/mol. The highest BCUT2D eigenvalue weighted by atomic mass is 32.1. The highest BCUT2D eigenvalue weighted by Crippen LogP contribution is 2.19. The lowest BCUT2D eigenvalue weighted by Gasteiger charge is -2.18. The molecular weight excluding hydrogens is 394 g/mol. The van der Waals surface area contributed by atoms with Gasteiger partial charge in [0.2, 0.25) is 5.91 Å². The molecule has 2 aromatic heterocycles. The Morgan fingerprint density at radius 1 is 0.967 bits per heavy atom. The number of hydrogen-bond acceptors (Lipinski definition) is 3.